The lowest BCUT2D eigenvalue weighted by Crippen LogP contribution is -2.41. The second kappa shape index (κ2) is 6.81. The van der Waals surface area contributed by atoms with E-state index in [0.29, 0.717) is 10.8 Å². The standard InChI is InChI=1S/C16H15ClN2S/c1-19-16(11-18,13-7-3-2-4-8-13)12-20-15-10-6-5-9-14(15)17/h2-10,19H,12H2,1H3. The molecule has 102 valence electrons. The molecule has 1 atom stereocenters. The van der Waals surface area contributed by atoms with Crippen LogP contribution in [0.1, 0.15) is 5.56 Å². The summed E-state index contributed by atoms with van der Waals surface area (Å²) < 4.78 is 0. The van der Waals surface area contributed by atoms with Gasteiger partial charge >= 0.3 is 0 Å². The van der Waals surface area contributed by atoms with Crippen LogP contribution >= 0.6 is 23.4 Å². The zero-order valence-electron chi connectivity index (χ0n) is 11.1. The summed E-state index contributed by atoms with van der Waals surface area (Å²) in [6.45, 7) is 0. The molecule has 0 bridgehead atoms. The van der Waals surface area contributed by atoms with Gasteiger partial charge in [-0.15, -0.1) is 11.8 Å². The summed E-state index contributed by atoms with van der Waals surface area (Å²) in [5, 5.41) is 13.5. The van der Waals surface area contributed by atoms with Crippen LogP contribution in [0.15, 0.2) is 59.5 Å². The largest absolute Gasteiger partial charge is 0.298 e. The Kier molecular flexibility index (Phi) is 5.08. The zero-order chi connectivity index (χ0) is 14.4. The van der Waals surface area contributed by atoms with Crippen molar-refractivity contribution in [3.05, 3.63) is 65.2 Å². The number of rotatable bonds is 5. The fourth-order valence-corrected chi connectivity index (χ4v) is 3.35. The highest BCUT2D eigenvalue weighted by molar-refractivity contribution is 7.99. The molecule has 0 aliphatic carbocycles. The van der Waals surface area contributed by atoms with Gasteiger partial charge in [-0.2, -0.15) is 5.26 Å². The third kappa shape index (κ3) is 3.16. The molecule has 2 nitrogen and oxygen atoms in total. The highest BCUT2D eigenvalue weighted by Crippen LogP contribution is 2.32. The molecule has 0 saturated heterocycles. The first-order valence-electron chi connectivity index (χ1n) is 6.25. The van der Waals surface area contributed by atoms with Gasteiger partial charge in [-0.05, 0) is 24.7 Å². The Morgan fingerprint density at radius 2 is 1.80 bits per heavy atom. The normalized spacial score (nSPS) is 13.4. The van der Waals surface area contributed by atoms with Crippen molar-refractivity contribution in [3.63, 3.8) is 0 Å². The number of benzene rings is 2. The molecule has 4 heteroatoms. The van der Waals surface area contributed by atoms with Crippen molar-refractivity contribution >= 4 is 23.4 Å². The fourth-order valence-electron chi connectivity index (χ4n) is 1.92. The number of hydrogen-bond acceptors (Lipinski definition) is 3. The summed E-state index contributed by atoms with van der Waals surface area (Å²) in [6, 6.07) is 19.8. The smallest absolute Gasteiger partial charge is 0.141 e. The maximum absolute atomic E-state index is 9.62. The second-order valence-corrected chi connectivity index (χ2v) is 5.78. The third-order valence-electron chi connectivity index (χ3n) is 3.17. The minimum Gasteiger partial charge on any atom is -0.298 e. The van der Waals surface area contributed by atoms with Crippen molar-refractivity contribution in [2.24, 2.45) is 0 Å². The Hall–Kier alpha value is -1.47. The minimum atomic E-state index is -0.717. The van der Waals surface area contributed by atoms with E-state index in [0.717, 1.165) is 10.5 Å². The molecule has 0 amide bonds. The number of nitrogens with zero attached hydrogens (tertiary/aromatic N) is 1. The Balaban J connectivity index is 2.23. The number of hydrogen-bond donors (Lipinski definition) is 1. The number of thioether (sulfide) groups is 1. The molecule has 0 spiro atoms. The topological polar surface area (TPSA) is 35.8 Å². The van der Waals surface area contributed by atoms with Crippen LogP contribution in [-0.4, -0.2) is 12.8 Å². The molecule has 0 heterocycles. The molecule has 1 N–H and O–H groups in total. The quantitative estimate of drug-likeness (QED) is 0.846. The predicted octanol–water partition coefficient (Wildman–Crippen LogP) is 4.07. The van der Waals surface area contributed by atoms with E-state index < -0.39 is 5.54 Å². The Bertz CT molecular complexity index is 609. The predicted molar refractivity (Wildman–Crippen MR) is 85.0 cm³/mol. The van der Waals surface area contributed by atoms with Gasteiger partial charge in [0, 0.05) is 10.6 Å². The van der Waals surface area contributed by atoms with Gasteiger partial charge in [-0.3, -0.25) is 5.32 Å². The summed E-state index contributed by atoms with van der Waals surface area (Å²) in [5.41, 5.74) is 0.245. The van der Waals surface area contributed by atoms with Crippen LogP contribution < -0.4 is 5.32 Å². The first-order chi connectivity index (χ1) is 9.72. The average Bonchev–Trinajstić information content (AvgIpc) is 2.51. The molecule has 2 aromatic carbocycles. The van der Waals surface area contributed by atoms with Crippen molar-refractivity contribution in [2.75, 3.05) is 12.8 Å². The lowest BCUT2D eigenvalue weighted by atomic mass is 9.94. The third-order valence-corrected chi connectivity index (χ3v) is 4.85. The Morgan fingerprint density at radius 3 is 2.40 bits per heavy atom. The van der Waals surface area contributed by atoms with Gasteiger partial charge in [0.2, 0.25) is 0 Å². The molecule has 2 rings (SSSR count). The monoisotopic (exact) mass is 302 g/mol. The zero-order valence-corrected chi connectivity index (χ0v) is 12.7. The second-order valence-electron chi connectivity index (χ2n) is 4.35. The van der Waals surface area contributed by atoms with Gasteiger partial charge in [0.15, 0.2) is 0 Å². The van der Waals surface area contributed by atoms with Gasteiger partial charge in [0.05, 0.1) is 11.1 Å². The van der Waals surface area contributed by atoms with Crippen molar-refractivity contribution in [1.29, 1.82) is 5.26 Å². The first-order valence-corrected chi connectivity index (χ1v) is 7.61. The van der Waals surface area contributed by atoms with Crippen LogP contribution in [0.4, 0.5) is 0 Å². The molecule has 0 radical (unpaired) electrons. The molecule has 0 fully saturated rings. The molecule has 0 saturated carbocycles. The lowest BCUT2D eigenvalue weighted by Gasteiger charge is -2.26. The van der Waals surface area contributed by atoms with Gasteiger partial charge in [0.1, 0.15) is 5.54 Å². The van der Waals surface area contributed by atoms with Crippen molar-refractivity contribution in [3.8, 4) is 6.07 Å². The Labute approximate surface area is 128 Å². The van der Waals surface area contributed by atoms with Gasteiger partial charge in [0.25, 0.3) is 0 Å². The molecular formula is C16H15ClN2S. The molecule has 0 aliphatic rings. The molecule has 2 aromatic rings. The Morgan fingerprint density at radius 1 is 1.15 bits per heavy atom. The van der Waals surface area contributed by atoms with E-state index in [1.54, 1.807) is 11.8 Å². The SMILES string of the molecule is CNC(C#N)(CSc1ccccc1Cl)c1ccccc1. The summed E-state index contributed by atoms with van der Waals surface area (Å²) >= 11 is 7.74. The van der Waals surface area contributed by atoms with Crippen molar-refractivity contribution < 1.29 is 0 Å². The van der Waals surface area contributed by atoms with E-state index in [-0.39, 0.29) is 0 Å². The van der Waals surface area contributed by atoms with Gasteiger partial charge < -0.3 is 0 Å². The van der Waals surface area contributed by atoms with Crippen LogP contribution in [0.25, 0.3) is 0 Å². The van der Waals surface area contributed by atoms with Crippen LogP contribution in [-0.2, 0) is 5.54 Å². The van der Waals surface area contributed by atoms with Gasteiger partial charge in [-0.1, -0.05) is 54.1 Å². The van der Waals surface area contributed by atoms with E-state index in [9.17, 15) is 5.26 Å². The maximum atomic E-state index is 9.62. The van der Waals surface area contributed by atoms with Crippen molar-refractivity contribution in [2.45, 2.75) is 10.4 Å². The van der Waals surface area contributed by atoms with E-state index in [1.165, 1.54) is 0 Å². The van der Waals surface area contributed by atoms with Crippen LogP contribution in [0, 0.1) is 11.3 Å². The average molecular weight is 303 g/mol. The summed E-state index contributed by atoms with van der Waals surface area (Å²) in [7, 11) is 1.81. The number of halogens is 1. The van der Waals surface area contributed by atoms with E-state index in [1.807, 2.05) is 61.6 Å². The van der Waals surface area contributed by atoms with E-state index in [2.05, 4.69) is 11.4 Å². The molecule has 1 unspecified atom stereocenters. The van der Waals surface area contributed by atoms with Crippen LogP contribution in [0.3, 0.4) is 0 Å². The van der Waals surface area contributed by atoms with E-state index >= 15 is 0 Å². The number of nitrogens with one attached hydrogen (secondary N) is 1. The van der Waals surface area contributed by atoms with Gasteiger partial charge in [-0.25, -0.2) is 0 Å². The summed E-state index contributed by atoms with van der Waals surface area (Å²) in [6.07, 6.45) is 0. The highest BCUT2D eigenvalue weighted by atomic mass is 35.5. The molecular weight excluding hydrogens is 288 g/mol. The summed E-state index contributed by atoms with van der Waals surface area (Å²) in [5.74, 6) is 0.591. The fraction of sp³-hybridized carbons (Fsp3) is 0.188. The summed E-state index contributed by atoms with van der Waals surface area (Å²) in [4.78, 5) is 0.986. The van der Waals surface area contributed by atoms with Crippen LogP contribution in [0.2, 0.25) is 5.02 Å². The van der Waals surface area contributed by atoms with E-state index in [4.69, 9.17) is 11.6 Å². The molecule has 0 aliphatic heterocycles. The molecule has 0 aromatic heterocycles. The minimum absolute atomic E-state index is 0.591. The van der Waals surface area contributed by atoms with Crippen molar-refractivity contribution in [1.82, 2.24) is 5.32 Å². The maximum Gasteiger partial charge on any atom is 0.141 e. The lowest BCUT2D eigenvalue weighted by molar-refractivity contribution is 0.528. The number of nitriles is 1. The first kappa shape index (κ1) is 14.9. The van der Waals surface area contributed by atoms with Crippen LogP contribution in [0.5, 0.6) is 0 Å². The highest BCUT2D eigenvalue weighted by Gasteiger charge is 2.30. The molecule has 20 heavy (non-hydrogen) atoms.